The molecule has 0 radical (unpaired) electrons. The number of hydrogen-bond acceptors (Lipinski definition) is 5. The third-order valence-corrected chi connectivity index (χ3v) is 2.64. The summed E-state index contributed by atoms with van der Waals surface area (Å²) in [4.78, 5) is 11.7. The summed E-state index contributed by atoms with van der Waals surface area (Å²) >= 11 is 0. The van der Waals surface area contributed by atoms with Gasteiger partial charge in [-0.25, -0.2) is 0 Å². The minimum absolute atomic E-state index is 0.0868. The molecule has 0 aromatic heterocycles. The van der Waals surface area contributed by atoms with Crippen LogP contribution in [0.15, 0.2) is 18.2 Å². The quantitative estimate of drug-likeness (QED) is 0.720. The molecule has 0 spiro atoms. The van der Waals surface area contributed by atoms with Crippen LogP contribution in [0.2, 0.25) is 0 Å². The maximum atomic E-state index is 11.7. The second kappa shape index (κ2) is 6.96. The van der Waals surface area contributed by atoms with Crippen molar-refractivity contribution in [3.63, 3.8) is 0 Å². The van der Waals surface area contributed by atoms with Crippen LogP contribution in [0.25, 0.3) is 0 Å². The van der Waals surface area contributed by atoms with E-state index in [9.17, 15) is 4.79 Å². The Bertz CT molecular complexity index is 437. The van der Waals surface area contributed by atoms with Crippen LogP contribution in [-0.2, 0) is 9.53 Å². The van der Waals surface area contributed by atoms with Gasteiger partial charge in [-0.05, 0) is 25.1 Å². The summed E-state index contributed by atoms with van der Waals surface area (Å²) in [5.41, 5.74) is 0.702. The third-order valence-electron chi connectivity index (χ3n) is 2.64. The molecule has 1 aromatic carbocycles. The van der Waals surface area contributed by atoms with Crippen molar-refractivity contribution in [3.05, 3.63) is 18.2 Å². The molecule has 0 saturated carbocycles. The highest BCUT2D eigenvalue weighted by Crippen LogP contribution is 2.34. The average molecular weight is 266 g/mol. The van der Waals surface area contributed by atoms with Crippen molar-refractivity contribution in [2.45, 2.75) is 6.42 Å². The molecule has 19 heavy (non-hydrogen) atoms. The molecule has 0 fully saturated rings. The first-order valence-corrected chi connectivity index (χ1v) is 6.19. The lowest BCUT2D eigenvalue weighted by molar-refractivity contribution is -0.115. The zero-order chi connectivity index (χ0) is 13.5. The van der Waals surface area contributed by atoms with Gasteiger partial charge in [0.2, 0.25) is 12.7 Å². The number of ether oxygens (including phenoxy) is 3. The monoisotopic (exact) mass is 266 g/mol. The van der Waals surface area contributed by atoms with E-state index in [0.717, 1.165) is 13.0 Å². The van der Waals surface area contributed by atoms with Gasteiger partial charge < -0.3 is 24.8 Å². The molecule has 0 bridgehead atoms. The first-order chi connectivity index (χ1) is 9.29. The van der Waals surface area contributed by atoms with E-state index in [-0.39, 0.29) is 19.2 Å². The van der Waals surface area contributed by atoms with Gasteiger partial charge in [-0.15, -0.1) is 0 Å². The summed E-state index contributed by atoms with van der Waals surface area (Å²) in [6, 6.07) is 5.32. The Hall–Kier alpha value is -1.79. The lowest BCUT2D eigenvalue weighted by Gasteiger charge is -2.07. The topological polar surface area (TPSA) is 68.8 Å². The standard InChI is InChI=1S/C13H18N2O4/c1-17-6-2-5-14-8-13(16)15-10-3-4-11-12(7-10)19-9-18-11/h3-4,7,14H,2,5-6,8-9H2,1H3,(H,15,16). The molecule has 104 valence electrons. The summed E-state index contributed by atoms with van der Waals surface area (Å²) in [6.07, 6.45) is 0.883. The Morgan fingerprint density at radius 1 is 1.37 bits per heavy atom. The van der Waals surface area contributed by atoms with Crippen LogP contribution in [0.1, 0.15) is 6.42 Å². The fourth-order valence-electron chi connectivity index (χ4n) is 1.72. The van der Waals surface area contributed by atoms with Crippen LogP contribution >= 0.6 is 0 Å². The van der Waals surface area contributed by atoms with E-state index in [1.165, 1.54) is 0 Å². The van der Waals surface area contributed by atoms with Crippen LogP contribution in [0.3, 0.4) is 0 Å². The number of benzene rings is 1. The van der Waals surface area contributed by atoms with Crippen LogP contribution < -0.4 is 20.1 Å². The van der Waals surface area contributed by atoms with Crippen molar-refractivity contribution in [1.82, 2.24) is 5.32 Å². The number of amides is 1. The van der Waals surface area contributed by atoms with E-state index in [1.807, 2.05) is 0 Å². The van der Waals surface area contributed by atoms with Crippen molar-refractivity contribution >= 4 is 11.6 Å². The first-order valence-electron chi connectivity index (χ1n) is 6.19. The summed E-state index contributed by atoms with van der Waals surface area (Å²) < 4.78 is 15.4. The van der Waals surface area contributed by atoms with Crippen molar-refractivity contribution < 1.29 is 19.0 Å². The number of fused-ring (bicyclic) bond motifs is 1. The molecule has 1 amide bonds. The molecule has 0 aliphatic carbocycles. The number of anilines is 1. The molecule has 2 rings (SSSR count). The van der Waals surface area contributed by atoms with Gasteiger partial charge in [-0.3, -0.25) is 4.79 Å². The Balaban J connectivity index is 1.73. The van der Waals surface area contributed by atoms with Crippen molar-refractivity contribution in [2.24, 2.45) is 0 Å². The minimum atomic E-state index is -0.0868. The van der Waals surface area contributed by atoms with E-state index in [0.29, 0.717) is 23.8 Å². The molecule has 1 heterocycles. The largest absolute Gasteiger partial charge is 0.454 e. The molecular formula is C13H18N2O4. The molecule has 6 heteroatoms. The Kier molecular flexibility index (Phi) is 5.00. The Morgan fingerprint density at radius 3 is 3.05 bits per heavy atom. The van der Waals surface area contributed by atoms with E-state index in [2.05, 4.69) is 10.6 Å². The van der Waals surface area contributed by atoms with Crippen molar-refractivity contribution in [3.8, 4) is 11.5 Å². The van der Waals surface area contributed by atoms with Crippen LogP contribution in [0.5, 0.6) is 11.5 Å². The maximum Gasteiger partial charge on any atom is 0.238 e. The molecule has 6 nitrogen and oxygen atoms in total. The van der Waals surface area contributed by atoms with Gasteiger partial charge in [0, 0.05) is 25.5 Å². The number of carbonyl (C=O) groups excluding carboxylic acids is 1. The third kappa shape index (κ3) is 4.11. The van der Waals surface area contributed by atoms with Gasteiger partial charge in [0.1, 0.15) is 0 Å². The van der Waals surface area contributed by atoms with Gasteiger partial charge in [-0.1, -0.05) is 0 Å². The summed E-state index contributed by atoms with van der Waals surface area (Å²) in [7, 11) is 1.66. The lowest BCUT2D eigenvalue weighted by atomic mass is 10.3. The Morgan fingerprint density at radius 2 is 2.21 bits per heavy atom. The molecule has 1 aliphatic rings. The van der Waals surface area contributed by atoms with Gasteiger partial charge in [0.25, 0.3) is 0 Å². The van der Waals surface area contributed by atoms with E-state index in [4.69, 9.17) is 14.2 Å². The van der Waals surface area contributed by atoms with Gasteiger partial charge in [0.05, 0.1) is 6.54 Å². The minimum Gasteiger partial charge on any atom is -0.454 e. The first kappa shape index (κ1) is 13.6. The van der Waals surface area contributed by atoms with Crippen LogP contribution in [-0.4, -0.2) is 39.5 Å². The van der Waals surface area contributed by atoms with E-state index < -0.39 is 0 Å². The van der Waals surface area contributed by atoms with Gasteiger partial charge >= 0.3 is 0 Å². The highest BCUT2D eigenvalue weighted by molar-refractivity contribution is 5.92. The molecule has 0 saturated heterocycles. The molecule has 2 N–H and O–H groups in total. The number of rotatable bonds is 7. The van der Waals surface area contributed by atoms with E-state index in [1.54, 1.807) is 25.3 Å². The molecule has 0 atom stereocenters. The van der Waals surface area contributed by atoms with Crippen molar-refractivity contribution in [1.29, 1.82) is 0 Å². The lowest BCUT2D eigenvalue weighted by Crippen LogP contribution is -2.29. The number of nitrogens with one attached hydrogen (secondary N) is 2. The number of hydrogen-bond donors (Lipinski definition) is 2. The van der Waals surface area contributed by atoms with Gasteiger partial charge in [-0.2, -0.15) is 0 Å². The summed E-state index contributed by atoms with van der Waals surface area (Å²) in [5, 5.41) is 5.84. The number of methoxy groups -OCH3 is 1. The van der Waals surface area contributed by atoms with Crippen LogP contribution in [0, 0.1) is 0 Å². The normalized spacial score (nSPS) is 12.5. The summed E-state index contributed by atoms with van der Waals surface area (Å²) in [5.74, 6) is 1.28. The number of carbonyl (C=O) groups is 1. The zero-order valence-electron chi connectivity index (χ0n) is 10.9. The summed E-state index contributed by atoms with van der Waals surface area (Å²) in [6.45, 7) is 1.95. The second-order valence-corrected chi connectivity index (χ2v) is 4.14. The fourth-order valence-corrected chi connectivity index (χ4v) is 1.72. The SMILES string of the molecule is COCCCNCC(=O)Nc1ccc2c(c1)OCO2. The smallest absolute Gasteiger partial charge is 0.238 e. The second-order valence-electron chi connectivity index (χ2n) is 4.14. The molecule has 0 unspecified atom stereocenters. The highest BCUT2D eigenvalue weighted by atomic mass is 16.7. The van der Waals surface area contributed by atoms with Crippen molar-refractivity contribution in [2.75, 3.05) is 38.9 Å². The highest BCUT2D eigenvalue weighted by Gasteiger charge is 2.13. The Labute approximate surface area is 112 Å². The van der Waals surface area contributed by atoms with E-state index >= 15 is 0 Å². The predicted octanol–water partition coefficient (Wildman–Crippen LogP) is 0.980. The molecule has 1 aliphatic heterocycles. The van der Waals surface area contributed by atoms with Gasteiger partial charge in [0.15, 0.2) is 11.5 Å². The molecular weight excluding hydrogens is 248 g/mol. The molecule has 1 aromatic rings. The fraction of sp³-hybridized carbons (Fsp3) is 0.462. The van der Waals surface area contributed by atoms with Crippen LogP contribution in [0.4, 0.5) is 5.69 Å². The average Bonchev–Trinajstić information content (AvgIpc) is 2.86. The predicted molar refractivity (Wildman–Crippen MR) is 70.6 cm³/mol. The zero-order valence-corrected chi connectivity index (χ0v) is 10.9. The maximum absolute atomic E-state index is 11.7.